The van der Waals surface area contributed by atoms with E-state index in [0.717, 1.165) is 5.56 Å². The quantitative estimate of drug-likeness (QED) is 0.749. The highest BCUT2D eigenvalue weighted by Crippen LogP contribution is 2.34. The summed E-state index contributed by atoms with van der Waals surface area (Å²) in [4.78, 5) is 28.6. The fourth-order valence-electron chi connectivity index (χ4n) is 3.41. The van der Waals surface area contributed by atoms with Crippen molar-refractivity contribution in [2.75, 3.05) is 32.2 Å². The zero-order valence-electron chi connectivity index (χ0n) is 17.2. The molecule has 2 aromatic carbocycles. The van der Waals surface area contributed by atoms with Gasteiger partial charge in [-0.2, -0.15) is 0 Å². The van der Waals surface area contributed by atoms with Gasteiger partial charge in [0.1, 0.15) is 5.75 Å². The van der Waals surface area contributed by atoms with Gasteiger partial charge in [0.15, 0.2) is 17.6 Å². The van der Waals surface area contributed by atoms with Crippen molar-refractivity contribution in [1.82, 2.24) is 4.90 Å². The molecule has 0 saturated carbocycles. The molecule has 0 aromatic heterocycles. The maximum atomic E-state index is 13.2. The number of hydrogen-bond acceptors (Lipinski definition) is 5. The molecule has 0 spiro atoms. The number of amides is 2. The number of nitrogens with zero attached hydrogens (tertiary/aromatic N) is 2. The number of methoxy groups -OCH3 is 2. The van der Waals surface area contributed by atoms with Crippen LogP contribution in [0.4, 0.5) is 5.69 Å². The summed E-state index contributed by atoms with van der Waals surface area (Å²) in [6.07, 6.45) is -0.756. The van der Waals surface area contributed by atoms with E-state index in [1.807, 2.05) is 43.3 Å². The number of carbonyl (C=O) groups excluding carboxylic acids is 2. The molecular formula is C22H26N2O5. The Bertz CT molecular complexity index is 899. The summed E-state index contributed by atoms with van der Waals surface area (Å²) in [5.41, 5.74) is 1.60. The van der Waals surface area contributed by atoms with Crippen LogP contribution in [0.2, 0.25) is 0 Å². The van der Waals surface area contributed by atoms with E-state index >= 15 is 0 Å². The molecule has 154 valence electrons. The molecule has 0 saturated heterocycles. The molecule has 0 aliphatic carbocycles. The summed E-state index contributed by atoms with van der Waals surface area (Å²) in [6, 6.07) is 12.8. The lowest BCUT2D eigenvalue weighted by atomic mass is 10.1. The van der Waals surface area contributed by atoms with E-state index in [4.69, 9.17) is 14.2 Å². The predicted molar refractivity (Wildman–Crippen MR) is 110 cm³/mol. The summed E-state index contributed by atoms with van der Waals surface area (Å²) in [7, 11) is 3.16. The number of para-hydroxylation sites is 2. The average Bonchev–Trinajstić information content (AvgIpc) is 2.75. The molecule has 3 rings (SSSR count). The highest BCUT2D eigenvalue weighted by Gasteiger charge is 2.34. The fourth-order valence-corrected chi connectivity index (χ4v) is 3.41. The first kappa shape index (κ1) is 20.5. The zero-order valence-corrected chi connectivity index (χ0v) is 17.2. The minimum absolute atomic E-state index is 0.124. The number of hydrogen-bond donors (Lipinski definition) is 0. The largest absolute Gasteiger partial charge is 0.493 e. The van der Waals surface area contributed by atoms with Crippen LogP contribution in [0.15, 0.2) is 42.5 Å². The smallest absolute Gasteiger partial charge is 0.265 e. The number of anilines is 1. The topological polar surface area (TPSA) is 68.3 Å². The van der Waals surface area contributed by atoms with E-state index < -0.39 is 6.10 Å². The van der Waals surface area contributed by atoms with Gasteiger partial charge in [-0.05, 0) is 36.8 Å². The minimum Gasteiger partial charge on any atom is -0.493 e. The number of rotatable bonds is 6. The molecular weight excluding hydrogens is 372 g/mol. The Balaban J connectivity index is 1.80. The Morgan fingerprint density at radius 3 is 2.52 bits per heavy atom. The van der Waals surface area contributed by atoms with Gasteiger partial charge in [0.25, 0.3) is 5.91 Å². The Kier molecular flexibility index (Phi) is 6.26. The predicted octanol–water partition coefficient (Wildman–Crippen LogP) is 2.87. The second kappa shape index (κ2) is 8.86. The van der Waals surface area contributed by atoms with Gasteiger partial charge in [0, 0.05) is 20.0 Å². The van der Waals surface area contributed by atoms with Crippen molar-refractivity contribution in [3.63, 3.8) is 0 Å². The van der Waals surface area contributed by atoms with Crippen LogP contribution in [0, 0.1) is 0 Å². The molecule has 0 radical (unpaired) electrons. The third-order valence-corrected chi connectivity index (χ3v) is 4.94. The molecule has 0 N–H and O–H groups in total. The van der Waals surface area contributed by atoms with Gasteiger partial charge in [0.05, 0.1) is 26.5 Å². The van der Waals surface area contributed by atoms with Crippen molar-refractivity contribution in [2.24, 2.45) is 0 Å². The van der Waals surface area contributed by atoms with Gasteiger partial charge in [-0.3, -0.25) is 9.59 Å². The summed E-state index contributed by atoms with van der Waals surface area (Å²) in [6.45, 7) is 4.50. The van der Waals surface area contributed by atoms with Crippen LogP contribution in [-0.2, 0) is 16.1 Å². The van der Waals surface area contributed by atoms with Crippen molar-refractivity contribution in [3.05, 3.63) is 48.0 Å². The van der Waals surface area contributed by atoms with E-state index in [9.17, 15) is 9.59 Å². The van der Waals surface area contributed by atoms with Crippen LogP contribution in [0.25, 0.3) is 0 Å². The molecule has 1 aliphatic heterocycles. The number of benzene rings is 2. The van der Waals surface area contributed by atoms with E-state index in [2.05, 4.69) is 0 Å². The Labute approximate surface area is 170 Å². The first-order valence-corrected chi connectivity index (χ1v) is 9.52. The molecule has 29 heavy (non-hydrogen) atoms. The standard InChI is InChI=1S/C22H26N2O5/c1-5-23(13-16-10-11-19(27-3)20(12-16)28-4)22(26)21-14-24(15(2)25)17-8-6-7-9-18(17)29-21/h6-12,21H,5,13-14H2,1-4H3. The highest BCUT2D eigenvalue weighted by atomic mass is 16.5. The van der Waals surface area contributed by atoms with E-state index in [1.165, 1.54) is 6.92 Å². The van der Waals surface area contributed by atoms with Crippen LogP contribution in [0.5, 0.6) is 17.2 Å². The van der Waals surface area contributed by atoms with Crippen LogP contribution >= 0.6 is 0 Å². The van der Waals surface area contributed by atoms with Gasteiger partial charge < -0.3 is 24.0 Å². The van der Waals surface area contributed by atoms with E-state index in [0.29, 0.717) is 36.0 Å². The first-order chi connectivity index (χ1) is 14.0. The van der Waals surface area contributed by atoms with Gasteiger partial charge >= 0.3 is 0 Å². The maximum Gasteiger partial charge on any atom is 0.265 e. The molecule has 2 aromatic rings. The Hall–Kier alpha value is -3.22. The summed E-state index contributed by atoms with van der Waals surface area (Å²) >= 11 is 0. The van der Waals surface area contributed by atoms with Crippen LogP contribution in [0.1, 0.15) is 19.4 Å². The zero-order chi connectivity index (χ0) is 21.0. The monoisotopic (exact) mass is 398 g/mol. The van der Waals surface area contributed by atoms with Crippen molar-refractivity contribution in [2.45, 2.75) is 26.5 Å². The summed E-state index contributed by atoms with van der Waals surface area (Å²) in [5, 5.41) is 0. The number of ether oxygens (including phenoxy) is 3. The van der Waals surface area contributed by atoms with Crippen molar-refractivity contribution < 1.29 is 23.8 Å². The SMILES string of the molecule is CCN(Cc1ccc(OC)c(OC)c1)C(=O)C1CN(C(C)=O)c2ccccc2O1. The third-order valence-electron chi connectivity index (χ3n) is 4.94. The summed E-state index contributed by atoms with van der Waals surface area (Å²) < 4.78 is 16.6. The Morgan fingerprint density at radius 2 is 1.86 bits per heavy atom. The molecule has 2 amide bonds. The molecule has 0 fully saturated rings. The molecule has 1 aliphatic rings. The second-order valence-electron chi connectivity index (χ2n) is 6.75. The van der Waals surface area contributed by atoms with Gasteiger partial charge in [0.2, 0.25) is 5.91 Å². The second-order valence-corrected chi connectivity index (χ2v) is 6.75. The van der Waals surface area contributed by atoms with Crippen molar-refractivity contribution in [3.8, 4) is 17.2 Å². The maximum absolute atomic E-state index is 13.2. The molecule has 1 unspecified atom stereocenters. The number of carbonyl (C=O) groups is 2. The average molecular weight is 398 g/mol. The molecule has 7 nitrogen and oxygen atoms in total. The number of fused-ring (bicyclic) bond motifs is 1. The molecule has 7 heteroatoms. The van der Waals surface area contributed by atoms with E-state index in [1.54, 1.807) is 30.1 Å². The van der Waals surface area contributed by atoms with Gasteiger partial charge in [-0.25, -0.2) is 0 Å². The van der Waals surface area contributed by atoms with Gasteiger partial charge in [-0.15, -0.1) is 0 Å². The molecule has 1 heterocycles. The number of likely N-dealkylation sites (N-methyl/N-ethyl adjacent to an activating group) is 1. The fraction of sp³-hybridized carbons (Fsp3) is 0.364. The highest BCUT2D eigenvalue weighted by molar-refractivity contribution is 5.95. The van der Waals surface area contributed by atoms with Crippen LogP contribution in [-0.4, -0.2) is 50.1 Å². The molecule has 0 bridgehead atoms. The lowest BCUT2D eigenvalue weighted by molar-refractivity contribution is -0.139. The van der Waals surface area contributed by atoms with E-state index in [-0.39, 0.29) is 18.4 Å². The van der Waals surface area contributed by atoms with Crippen LogP contribution < -0.4 is 19.1 Å². The third kappa shape index (κ3) is 4.29. The normalized spacial score (nSPS) is 15.2. The lowest BCUT2D eigenvalue weighted by Crippen LogP contribution is -2.51. The van der Waals surface area contributed by atoms with Crippen molar-refractivity contribution in [1.29, 1.82) is 0 Å². The first-order valence-electron chi connectivity index (χ1n) is 9.52. The minimum atomic E-state index is -0.756. The molecule has 1 atom stereocenters. The summed E-state index contributed by atoms with van der Waals surface area (Å²) in [5.74, 6) is 1.49. The lowest BCUT2D eigenvalue weighted by Gasteiger charge is -2.35. The van der Waals surface area contributed by atoms with Crippen LogP contribution in [0.3, 0.4) is 0 Å². The van der Waals surface area contributed by atoms with Crippen molar-refractivity contribution >= 4 is 17.5 Å². The Morgan fingerprint density at radius 1 is 1.14 bits per heavy atom. The van der Waals surface area contributed by atoms with Gasteiger partial charge in [-0.1, -0.05) is 18.2 Å².